The molecule has 2 saturated heterocycles. The highest BCUT2D eigenvalue weighted by molar-refractivity contribution is 7.89. The molecule has 0 radical (unpaired) electrons. The van der Waals surface area contributed by atoms with Gasteiger partial charge in [0, 0.05) is 49.8 Å². The van der Waals surface area contributed by atoms with E-state index >= 15 is 0 Å². The maximum absolute atomic E-state index is 12.4. The van der Waals surface area contributed by atoms with Crippen molar-refractivity contribution in [3.8, 4) is 0 Å². The van der Waals surface area contributed by atoms with Crippen LogP contribution in [0.4, 0.5) is 18.9 Å². The summed E-state index contributed by atoms with van der Waals surface area (Å²) in [4.78, 5) is 11.4. The number of carbonyl (C=O) groups is 1. The average molecular weight is 493 g/mol. The summed E-state index contributed by atoms with van der Waals surface area (Å²) >= 11 is 0. The number of hydrogen-bond donors (Lipinski definition) is 1. The van der Waals surface area contributed by atoms with Gasteiger partial charge in [0.05, 0.1) is 12.4 Å². The first-order chi connectivity index (χ1) is 15.5. The Morgan fingerprint density at radius 3 is 2.42 bits per heavy atom. The van der Waals surface area contributed by atoms with Gasteiger partial charge in [-0.3, -0.25) is 0 Å². The summed E-state index contributed by atoms with van der Waals surface area (Å²) < 4.78 is 63.9. The van der Waals surface area contributed by atoms with E-state index in [0.717, 1.165) is 45.6 Å². The van der Waals surface area contributed by atoms with E-state index in [0.29, 0.717) is 25.4 Å². The highest BCUT2D eigenvalue weighted by Gasteiger charge is 2.46. The number of nitrogens with zero attached hydrogens (tertiary/aromatic N) is 2. The zero-order valence-corrected chi connectivity index (χ0v) is 19.5. The van der Waals surface area contributed by atoms with Crippen molar-refractivity contribution < 1.29 is 36.2 Å². The van der Waals surface area contributed by atoms with E-state index in [4.69, 9.17) is 14.6 Å². The maximum Gasteiger partial charge on any atom is 0.490 e. The van der Waals surface area contributed by atoms with Crippen molar-refractivity contribution in [3.63, 3.8) is 0 Å². The second kappa shape index (κ2) is 10.2. The lowest BCUT2D eigenvalue weighted by Gasteiger charge is -2.39. The molecule has 0 saturated carbocycles. The number of aliphatic carboxylic acids is 1. The van der Waals surface area contributed by atoms with Gasteiger partial charge in [0.2, 0.25) is 10.0 Å². The molecule has 1 aromatic rings. The van der Waals surface area contributed by atoms with Crippen LogP contribution < -0.4 is 4.90 Å². The van der Waals surface area contributed by atoms with Crippen molar-refractivity contribution in [1.82, 2.24) is 4.31 Å². The number of rotatable bonds is 5. The third-order valence-corrected chi connectivity index (χ3v) is 8.67. The monoisotopic (exact) mass is 492 g/mol. The van der Waals surface area contributed by atoms with E-state index in [1.807, 2.05) is 6.92 Å². The molecule has 0 amide bonds. The highest BCUT2D eigenvalue weighted by atomic mass is 32.2. The van der Waals surface area contributed by atoms with Crippen molar-refractivity contribution in [2.45, 2.75) is 44.2 Å². The van der Waals surface area contributed by atoms with Crippen LogP contribution >= 0.6 is 0 Å². The SMILES string of the molecule is CCCS(=O)(=O)N1CCC2(CC1)CN(CC1CCOC1)c1ccccc12.O=C(O)C(F)(F)F. The molecule has 186 valence electrons. The molecule has 3 heterocycles. The number of benzene rings is 1. The summed E-state index contributed by atoms with van der Waals surface area (Å²) in [6, 6.07) is 8.75. The smallest absolute Gasteiger partial charge is 0.475 e. The number of ether oxygens (including phenoxy) is 1. The average Bonchev–Trinajstić information content (AvgIpc) is 3.36. The number of carboxylic acids is 1. The molecule has 3 aliphatic heterocycles. The standard InChI is InChI=1S/C20H30N2O3S.C2HF3O2/c1-2-13-26(23,24)22-10-8-20(9-11-22)16-21(14-17-7-12-25-15-17)19-6-4-3-5-18(19)20;3-2(4,5)1(6)7/h3-6,17H,2,7-16H2,1H3;(H,6,7). The molecule has 1 aromatic carbocycles. The van der Waals surface area contributed by atoms with Crippen molar-refractivity contribution >= 4 is 21.7 Å². The number of hydrogen-bond acceptors (Lipinski definition) is 5. The number of anilines is 1. The van der Waals surface area contributed by atoms with Gasteiger partial charge in [-0.1, -0.05) is 25.1 Å². The summed E-state index contributed by atoms with van der Waals surface area (Å²) in [7, 11) is -3.09. The molecule has 33 heavy (non-hydrogen) atoms. The molecule has 0 bridgehead atoms. The summed E-state index contributed by atoms with van der Waals surface area (Å²) in [5, 5.41) is 7.12. The van der Waals surface area contributed by atoms with E-state index in [1.54, 1.807) is 4.31 Å². The number of piperidine rings is 1. The molecule has 0 aliphatic carbocycles. The molecule has 3 aliphatic rings. The molecule has 1 N–H and O–H groups in total. The second-order valence-corrected chi connectivity index (χ2v) is 11.0. The predicted octanol–water partition coefficient (Wildman–Crippen LogP) is 3.25. The van der Waals surface area contributed by atoms with Crippen LogP contribution in [0.3, 0.4) is 0 Å². The lowest BCUT2D eigenvalue weighted by Crippen LogP contribution is -2.48. The lowest BCUT2D eigenvalue weighted by molar-refractivity contribution is -0.192. The molecule has 7 nitrogen and oxygen atoms in total. The molecule has 11 heteroatoms. The Bertz CT molecular complexity index is 924. The normalized spacial score (nSPS) is 22.7. The second-order valence-electron chi connectivity index (χ2n) is 8.93. The number of sulfonamides is 1. The third kappa shape index (κ3) is 5.99. The summed E-state index contributed by atoms with van der Waals surface area (Å²) in [5.74, 6) is -1.87. The molecule has 1 unspecified atom stereocenters. The minimum atomic E-state index is -5.08. The summed E-state index contributed by atoms with van der Waals surface area (Å²) in [6.45, 7) is 7.06. The van der Waals surface area contributed by atoms with Gasteiger partial charge in [0.25, 0.3) is 0 Å². The van der Waals surface area contributed by atoms with E-state index in [2.05, 4.69) is 29.2 Å². The van der Waals surface area contributed by atoms with Crippen molar-refractivity contribution in [3.05, 3.63) is 29.8 Å². The first kappa shape index (κ1) is 25.8. The molecular formula is C22H31F3N2O5S. The van der Waals surface area contributed by atoms with Crippen molar-refractivity contribution in [2.24, 2.45) is 5.92 Å². The lowest BCUT2D eigenvalue weighted by atomic mass is 9.75. The van der Waals surface area contributed by atoms with Crippen molar-refractivity contribution in [2.75, 3.05) is 50.0 Å². The molecule has 4 rings (SSSR count). The van der Waals surface area contributed by atoms with Gasteiger partial charge >= 0.3 is 12.1 Å². The number of alkyl halides is 3. The number of carboxylic acid groups (broad SMARTS) is 1. The first-order valence-corrected chi connectivity index (χ1v) is 12.8. The van der Waals surface area contributed by atoms with Crippen LogP contribution in [-0.4, -0.2) is 75.1 Å². The van der Waals surface area contributed by atoms with Gasteiger partial charge in [-0.25, -0.2) is 17.5 Å². The van der Waals surface area contributed by atoms with E-state index in [1.165, 1.54) is 11.3 Å². The van der Waals surface area contributed by atoms with E-state index < -0.39 is 22.2 Å². The number of halogens is 3. The van der Waals surface area contributed by atoms with Crippen molar-refractivity contribution in [1.29, 1.82) is 0 Å². The van der Waals surface area contributed by atoms with Crippen LogP contribution in [0.5, 0.6) is 0 Å². The topological polar surface area (TPSA) is 87.2 Å². The molecule has 0 aromatic heterocycles. The molecule has 1 spiro atoms. The Morgan fingerprint density at radius 1 is 1.24 bits per heavy atom. The summed E-state index contributed by atoms with van der Waals surface area (Å²) in [6.07, 6.45) is -1.41. The Kier molecular flexibility index (Phi) is 7.95. The highest BCUT2D eigenvalue weighted by Crippen LogP contribution is 2.47. The van der Waals surface area contributed by atoms with Crippen LogP contribution in [0.15, 0.2) is 24.3 Å². The summed E-state index contributed by atoms with van der Waals surface area (Å²) in [5.41, 5.74) is 2.88. The van der Waals surface area contributed by atoms with Crippen LogP contribution in [-0.2, 0) is 25.0 Å². The molecule has 1 atom stereocenters. The fourth-order valence-electron chi connectivity index (χ4n) is 4.94. The largest absolute Gasteiger partial charge is 0.490 e. The third-order valence-electron chi connectivity index (χ3n) is 6.59. The quantitative estimate of drug-likeness (QED) is 0.679. The van der Waals surface area contributed by atoms with Gasteiger partial charge in [-0.15, -0.1) is 0 Å². The fraction of sp³-hybridized carbons (Fsp3) is 0.682. The van der Waals surface area contributed by atoms with Crippen LogP contribution in [0.25, 0.3) is 0 Å². The Hall–Kier alpha value is -1.85. The zero-order chi connectivity index (χ0) is 24.3. The van der Waals surface area contributed by atoms with Gasteiger partial charge in [-0.2, -0.15) is 13.2 Å². The van der Waals surface area contributed by atoms with Gasteiger partial charge in [0.15, 0.2) is 0 Å². The predicted molar refractivity (Wildman–Crippen MR) is 118 cm³/mol. The van der Waals surface area contributed by atoms with Gasteiger partial charge in [0.1, 0.15) is 0 Å². The van der Waals surface area contributed by atoms with Crippen LogP contribution in [0.1, 0.15) is 38.2 Å². The minimum absolute atomic E-state index is 0.105. The van der Waals surface area contributed by atoms with Gasteiger partial charge in [-0.05, 0) is 37.3 Å². The minimum Gasteiger partial charge on any atom is -0.475 e. The number of para-hydroxylation sites is 1. The first-order valence-electron chi connectivity index (χ1n) is 11.2. The van der Waals surface area contributed by atoms with E-state index in [9.17, 15) is 21.6 Å². The Morgan fingerprint density at radius 2 is 1.88 bits per heavy atom. The Labute approximate surface area is 192 Å². The fourth-order valence-corrected chi connectivity index (χ4v) is 6.46. The van der Waals surface area contributed by atoms with E-state index in [-0.39, 0.29) is 11.2 Å². The number of fused-ring (bicyclic) bond motifs is 2. The van der Waals surface area contributed by atoms with Crippen LogP contribution in [0.2, 0.25) is 0 Å². The zero-order valence-electron chi connectivity index (χ0n) is 18.7. The Balaban J connectivity index is 0.000000383. The molecule has 2 fully saturated rings. The van der Waals surface area contributed by atoms with Crippen LogP contribution in [0, 0.1) is 5.92 Å². The molecular weight excluding hydrogens is 461 g/mol. The maximum atomic E-state index is 12.4. The van der Waals surface area contributed by atoms with Gasteiger partial charge < -0.3 is 14.7 Å².